The van der Waals surface area contributed by atoms with Crippen molar-refractivity contribution in [1.82, 2.24) is 4.98 Å². The third-order valence-corrected chi connectivity index (χ3v) is 3.22. The molecule has 0 fully saturated rings. The lowest BCUT2D eigenvalue weighted by Crippen LogP contribution is -2.30. The molecule has 2 atom stereocenters. The van der Waals surface area contributed by atoms with Gasteiger partial charge in [-0.2, -0.15) is 0 Å². The Labute approximate surface area is 109 Å². The van der Waals surface area contributed by atoms with Gasteiger partial charge in [-0.05, 0) is 17.7 Å². The molecule has 0 saturated heterocycles. The molecular weight excluding hydrogens is 246 g/mol. The molecule has 0 amide bonds. The van der Waals surface area contributed by atoms with Crippen molar-refractivity contribution in [2.75, 3.05) is 0 Å². The van der Waals surface area contributed by atoms with E-state index in [1.807, 2.05) is 0 Å². The molecule has 0 aliphatic carbocycles. The van der Waals surface area contributed by atoms with Gasteiger partial charge in [-0.25, -0.2) is 0 Å². The van der Waals surface area contributed by atoms with Crippen LogP contribution >= 0.6 is 0 Å². The number of aromatic hydroxyl groups is 2. The number of pyridine rings is 1. The zero-order valence-electron chi connectivity index (χ0n) is 10.0. The average Bonchev–Trinajstić information content (AvgIpc) is 2.40. The summed E-state index contributed by atoms with van der Waals surface area (Å²) in [6.45, 7) is 0. The molecule has 98 valence electrons. The highest BCUT2D eigenvalue weighted by Crippen LogP contribution is 2.41. The van der Waals surface area contributed by atoms with Crippen molar-refractivity contribution in [1.29, 1.82) is 0 Å². The van der Waals surface area contributed by atoms with E-state index in [1.54, 1.807) is 24.5 Å². The number of aliphatic hydroxyl groups is 1. The summed E-state index contributed by atoms with van der Waals surface area (Å²) < 4.78 is 5.69. The van der Waals surface area contributed by atoms with Crippen LogP contribution in [0.3, 0.4) is 0 Å². The Morgan fingerprint density at radius 1 is 1.16 bits per heavy atom. The molecule has 0 bridgehead atoms. The number of phenols is 2. The Balaban J connectivity index is 2.00. The Bertz CT molecular complexity index is 600. The molecule has 1 aliphatic heterocycles. The van der Waals surface area contributed by atoms with Crippen molar-refractivity contribution in [3.8, 4) is 17.2 Å². The Hall–Kier alpha value is -2.27. The number of phenolic OH excluding ortho intramolecular Hbond substituents is 2. The number of ether oxygens (including phenoxy) is 1. The van der Waals surface area contributed by atoms with Gasteiger partial charge in [-0.15, -0.1) is 0 Å². The van der Waals surface area contributed by atoms with Crippen molar-refractivity contribution in [3.63, 3.8) is 0 Å². The molecule has 0 unspecified atom stereocenters. The molecule has 2 aromatic rings. The van der Waals surface area contributed by atoms with E-state index in [9.17, 15) is 15.3 Å². The highest BCUT2D eigenvalue weighted by atomic mass is 16.5. The van der Waals surface area contributed by atoms with Crippen LogP contribution in [-0.4, -0.2) is 26.4 Å². The fourth-order valence-corrected chi connectivity index (χ4v) is 2.30. The van der Waals surface area contributed by atoms with E-state index in [0.717, 1.165) is 5.56 Å². The first kappa shape index (κ1) is 11.8. The van der Waals surface area contributed by atoms with Crippen molar-refractivity contribution in [2.45, 2.75) is 18.6 Å². The zero-order chi connectivity index (χ0) is 13.4. The van der Waals surface area contributed by atoms with Gasteiger partial charge >= 0.3 is 0 Å². The lowest BCUT2D eigenvalue weighted by molar-refractivity contribution is 0.0197. The van der Waals surface area contributed by atoms with Crippen LogP contribution in [-0.2, 0) is 6.42 Å². The van der Waals surface area contributed by atoms with E-state index >= 15 is 0 Å². The number of rotatable bonds is 1. The van der Waals surface area contributed by atoms with Gasteiger partial charge in [0.2, 0.25) is 0 Å². The van der Waals surface area contributed by atoms with Gasteiger partial charge in [-0.1, -0.05) is 0 Å². The molecule has 5 nitrogen and oxygen atoms in total. The van der Waals surface area contributed by atoms with Gasteiger partial charge in [0.1, 0.15) is 23.4 Å². The summed E-state index contributed by atoms with van der Waals surface area (Å²) in [5.41, 5.74) is 1.31. The predicted octanol–water partition coefficient (Wildman–Crippen LogP) is 1.53. The average molecular weight is 259 g/mol. The number of benzene rings is 1. The molecular formula is C14H13NO4. The molecule has 5 heteroatoms. The van der Waals surface area contributed by atoms with Crippen LogP contribution in [0, 0.1) is 0 Å². The molecule has 2 heterocycles. The minimum atomic E-state index is -0.759. The van der Waals surface area contributed by atoms with Crippen LogP contribution in [0.25, 0.3) is 0 Å². The van der Waals surface area contributed by atoms with Crippen LogP contribution in [0.5, 0.6) is 17.2 Å². The van der Waals surface area contributed by atoms with E-state index in [0.29, 0.717) is 11.3 Å². The number of aliphatic hydroxyl groups excluding tert-OH is 1. The predicted molar refractivity (Wildman–Crippen MR) is 67.1 cm³/mol. The Morgan fingerprint density at radius 2 is 1.89 bits per heavy atom. The summed E-state index contributed by atoms with van der Waals surface area (Å²) in [7, 11) is 0. The maximum absolute atomic E-state index is 10.1. The number of nitrogens with zero attached hydrogens (tertiary/aromatic N) is 1. The molecule has 1 aromatic carbocycles. The molecule has 3 rings (SSSR count). The molecule has 0 radical (unpaired) electrons. The van der Waals surface area contributed by atoms with Crippen LogP contribution in [0.4, 0.5) is 0 Å². The van der Waals surface area contributed by atoms with E-state index in [1.165, 1.54) is 12.1 Å². The monoisotopic (exact) mass is 259 g/mol. The fourth-order valence-electron chi connectivity index (χ4n) is 2.30. The van der Waals surface area contributed by atoms with E-state index < -0.39 is 12.2 Å². The summed E-state index contributed by atoms with van der Waals surface area (Å²) in [6.07, 6.45) is 2.23. The maximum Gasteiger partial charge on any atom is 0.150 e. The maximum atomic E-state index is 10.1. The van der Waals surface area contributed by atoms with Gasteiger partial charge in [-0.3, -0.25) is 4.98 Å². The number of fused-ring (bicyclic) bond motifs is 1. The van der Waals surface area contributed by atoms with Crippen molar-refractivity contribution >= 4 is 0 Å². The summed E-state index contributed by atoms with van der Waals surface area (Å²) in [5.74, 6) is 0.257. The standard InChI is InChI=1S/C14H13NO4/c16-9-5-11(17)10-7-12(18)14(19-13(10)6-9)8-1-3-15-4-2-8/h1-6,12,14,16-18H,7H2/t12-,14-/m0/s1. The normalized spacial score (nSPS) is 21.5. The van der Waals surface area contributed by atoms with Crippen molar-refractivity contribution in [2.24, 2.45) is 0 Å². The summed E-state index contributed by atoms with van der Waals surface area (Å²) >= 11 is 0. The molecule has 3 N–H and O–H groups in total. The molecule has 1 aliphatic rings. The third kappa shape index (κ3) is 2.08. The number of aromatic nitrogens is 1. The SMILES string of the molecule is Oc1cc(O)c2c(c1)O[C@@H](c1ccncc1)[C@@H](O)C2. The lowest BCUT2D eigenvalue weighted by Gasteiger charge is -2.31. The molecule has 0 saturated carbocycles. The Kier molecular flexibility index (Phi) is 2.76. The van der Waals surface area contributed by atoms with Crippen molar-refractivity contribution in [3.05, 3.63) is 47.8 Å². The second-order valence-corrected chi connectivity index (χ2v) is 4.53. The van der Waals surface area contributed by atoms with Gasteiger partial charge in [0.05, 0.1) is 6.10 Å². The molecule has 1 aromatic heterocycles. The summed E-state index contributed by atoms with van der Waals surface area (Å²) in [5, 5.41) is 29.4. The first-order chi connectivity index (χ1) is 9.15. The topological polar surface area (TPSA) is 82.8 Å². The van der Waals surface area contributed by atoms with Gasteiger partial charge in [0.15, 0.2) is 0 Å². The van der Waals surface area contributed by atoms with Crippen molar-refractivity contribution < 1.29 is 20.1 Å². The summed E-state index contributed by atoms with van der Waals surface area (Å²) in [6, 6.07) is 6.21. The number of hydrogen-bond donors (Lipinski definition) is 3. The highest BCUT2D eigenvalue weighted by Gasteiger charge is 2.31. The molecule has 0 spiro atoms. The van der Waals surface area contributed by atoms with Crippen LogP contribution in [0.2, 0.25) is 0 Å². The second kappa shape index (κ2) is 4.44. The Morgan fingerprint density at radius 3 is 2.63 bits per heavy atom. The quantitative estimate of drug-likeness (QED) is 0.723. The second-order valence-electron chi connectivity index (χ2n) is 4.53. The fraction of sp³-hybridized carbons (Fsp3) is 0.214. The minimum Gasteiger partial charge on any atom is -0.508 e. The van der Waals surface area contributed by atoms with E-state index in [-0.39, 0.29) is 17.9 Å². The van der Waals surface area contributed by atoms with E-state index in [4.69, 9.17) is 4.74 Å². The number of hydrogen-bond acceptors (Lipinski definition) is 5. The van der Waals surface area contributed by atoms with Gasteiger partial charge in [0.25, 0.3) is 0 Å². The molecule has 19 heavy (non-hydrogen) atoms. The van der Waals surface area contributed by atoms with E-state index in [2.05, 4.69) is 4.98 Å². The van der Waals surface area contributed by atoms with Gasteiger partial charge < -0.3 is 20.1 Å². The third-order valence-electron chi connectivity index (χ3n) is 3.22. The zero-order valence-corrected chi connectivity index (χ0v) is 10.0. The minimum absolute atomic E-state index is 0.0674. The first-order valence-corrected chi connectivity index (χ1v) is 5.94. The summed E-state index contributed by atoms with van der Waals surface area (Å²) in [4.78, 5) is 3.92. The highest BCUT2D eigenvalue weighted by molar-refractivity contribution is 5.51. The van der Waals surface area contributed by atoms with Crippen LogP contribution in [0.1, 0.15) is 17.2 Å². The lowest BCUT2D eigenvalue weighted by atomic mass is 9.94. The van der Waals surface area contributed by atoms with Crippen LogP contribution < -0.4 is 4.74 Å². The van der Waals surface area contributed by atoms with Crippen LogP contribution in [0.15, 0.2) is 36.7 Å². The van der Waals surface area contributed by atoms with Gasteiger partial charge in [0, 0.05) is 36.5 Å². The smallest absolute Gasteiger partial charge is 0.150 e. The largest absolute Gasteiger partial charge is 0.508 e. The first-order valence-electron chi connectivity index (χ1n) is 5.94.